The van der Waals surface area contributed by atoms with Gasteiger partial charge in [0.15, 0.2) is 12.2 Å². The Labute approximate surface area is 138 Å². The van der Waals surface area contributed by atoms with E-state index in [0.29, 0.717) is 0 Å². The van der Waals surface area contributed by atoms with Gasteiger partial charge in [0, 0.05) is 27.7 Å². The Hall–Kier alpha value is -2.20. The fraction of sp³-hybridized carbons (Fsp3) is 0.714. The van der Waals surface area contributed by atoms with Gasteiger partial charge in [0.1, 0.15) is 18.8 Å². The van der Waals surface area contributed by atoms with Crippen molar-refractivity contribution in [1.82, 2.24) is 0 Å². The first kappa shape index (κ1) is 19.8. The van der Waals surface area contributed by atoms with E-state index in [9.17, 15) is 19.2 Å². The monoisotopic (exact) mass is 347 g/mol. The molecule has 10 heteroatoms. The lowest BCUT2D eigenvalue weighted by Gasteiger charge is -2.42. The van der Waals surface area contributed by atoms with Crippen molar-refractivity contribution >= 4 is 23.9 Å². The molecule has 1 aliphatic heterocycles. The fourth-order valence-corrected chi connectivity index (χ4v) is 2.20. The van der Waals surface area contributed by atoms with Crippen molar-refractivity contribution in [2.45, 2.75) is 58.3 Å². The number of hydrogen-bond acceptors (Lipinski definition) is 10. The molecule has 1 saturated heterocycles. The molecule has 1 rings (SSSR count). The Kier molecular flexibility index (Phi) is 7.11. The summed E-state index contributed by atoms with van der Waals surface area (Å²) in [6, 6.07) is -1.10. The van der Waals surface area contributed by atoms with Gasteiger partial charge in [0.25, 0.3) is 0 Å². The predicted molar refractivity (Wildman–Crippen MR) is 76.1 cm³/mol. The van der Waals surface area contributed by atoms with Crippen LogP contribution in [0.15, 0.2) is 0 Å². The summed E-state index contributed by atoms with van der Waals surface area (Å²) in [6.07, 6.45) is -4.58. The highest BCUT2D eigenvalue weighted by Gasteiger charge is 2.50. The quantitative estimate of drug-likeness (QED) is 0.487. The van der Waals surface area contributed by atoms with E-state index in [1.807, 2.05) is 0 Å². The van der Waals surface area contributed by atoms with E-state index < -0.39 is 54.5 Å². The molecule has 0 radical (unpaired) electrons. The largest absolute Gasteiger partial charge is 0.463 e. The fourth-order valence-electron chi connectivity index (χ4n) is 2.20. The minimum atomic E-state index is -1.26. The molecule has 0 bridgehead atoms. The van der Waals surface area contributed by atoms with Gasteiger partial charge in [-0.1, -0.05) is 0 Å². The number of carbonyl (C=O) groups excluding carboxylic acids is 4. The van der Waals surface area contributed by atoms with Gasteiger partial charge < -0.3 is 29.4 Å². The van der Waals surface area contributed by atoms with Crippen molar-refractivity contribution < 1.29 is 42.9 Å². The van der Waals surface area contributed by atoms with Crippen molar-refractivity contribution in [3.63, 3.8) is 0 Å². The summed E-state index contributed by atoms with van der Waals surface area (Å²) in [5.74, 6) is -2.62. The van der Waals surface area contributed by atoms with Crippen LogP contribution in [0.1, 0.15) is 27.7 Å². The highest BCUT2D eigenvalue weighted by atomic mass is 16.7. The van der Waals surface area contributed by atoms with E-state index in [1.54, 1.807) is 0 Å². The molecule has 2 N–H and O–H groups in total. The molecule has 24 heavy (non-hydrogen) atoms. The second-order valence-corrected chi connectivity index (χ2v) is 5.18. The van der Waals surface area contributed by atoms with Crippen LogP contribution >= 0.6 is 0 Å². The Morgan fingerprint density at radius 3 is 1.79 bits per heavy atom. The van der Waals surface area contributed by atoms with Crippen LogP contribution in [-0.2, 0) is 42.9 Å². The second-order valence-electron chi connectivity index (χ2n) is 5.18. The van der Waals surface area contributed by atoms with Crippen molar-refractivity contribution in [1.29, 1.82) is 0 Å². The first-order chi connectivity index (χ1) is 11.1. The van der Waals surface area contributed by atoms with E-state index in [-0.39, 0.29) is 6.61 Å². The van der Waals surface area contributed by atoms with Crippen molar-refractivity contribution in [3.05, 3.63) is 0 Å². The van der Waals surface area contributed by atoms with Crippen molar-refractivity contribution in [3.8, 4) is 0 Å². The van der Waals surface area contributed by atoms with Gasteiger partial charge in [-0.15, -0.1) is 0 Å². The Bertz CT molecular complexity index is 490. The predicted octanol–water partition coefficient (Wildman–Crippen LogP) is -0.972. The molecule has 0 aromatic carbocycles. The minimum absolute atomic E-state index is 0.310. The molecule has 5 atom stereocenters. The SMILES string of the molecule is CC(=O)OC[C@H]1O[C@@H](OC(C)=O)[C@H](N)[C@@H](OC(C)=O)C1OC(C)=O. The third-order valence-electron chi connectivity index (χ3n) is 3.03. The number of hydrogen-bond donors (Lipinski definition) is 1. The van der Waals surface area contributed by atoms with Gasteiger partial charge >= 0.3 is 23.9 Å². The van der Waals surface area contributed by atoms with Gasteiger partial charge in [-0.25, -0.2) is 0 Å². The minimum Gasteiger partial charge on any atom is -0.463 e. The highest BCUT2D eigenvalue weighted by molar-refractivity contribution is 5.68. The normalized spacial score (nSPS) is 29.3. The molecule has 0 amide bonds. The maximum atomic E-state index is 11.3. The maximum absolute atomic E-state index is 11.3. The molecule has 1 fully saturated rings. The average Bonchev–Trinajstić information content (AvgIpc) is 2.42. The van der Waals surface area contributed by atoms with Crippen LogP contribution in [0.2, 0.25) is 0 Å². The van der Waals surface area contributed by atoms with Gasteiger partial charge in [0.05, 0.1) is 0 Å². The number of ether oxygens (including phenoxy) is 5. The molecule has 1 unspecified atom stereocenters. The first-order valence-corrected chi connectivity index (χ1v) is 7.18. The van der Waals surface area contributed by atoms with Crippen LogP contribution < -0.4 is 5.73 Å². The average molecular weight is 347 g/mol. The number of nitrogens with two attached hydrogens (primary N) is 1. The Morgan fingerprint density at radius 1 is 0.833 bits per heavy atom. The topological polar surface area (TPSA) is 140 Å². The summed E-state index contributed by atoms with van der Waals surface area (Å²) in [5, 5.41) is 0. The lowest BCUT2D eigenvalue weighted by molar-refractivity contribution is -0.267. The molecular weight excluding hydrogens is 326 g/mol. The van der Waals surface area contributed by atoms with Crippen LogP contribution in [0.3, 0.4) is 0 Å². The van der Waals surface area contributed by atoms with Gasteiger partial charge in [-0.05, 0) is 0 Å². The van der Waals surface area contributed by atoms with Crippen molar-refractivity contribution in [2.24, 2.45) is 5.73 Å². The molecular formula is C14H21NO9. The molecule has 0 aromatic rings. The van der Waals surface area contributed by atoms with E-state index in [0.717, 1.165) is 20.8 Å². The molecule has 0 aliphatic carbocycles. The first-order valence-electron chi connectivity index (χ1n) is 7.18. The molecule has 1 aliphatic rings. The second kappa shape index (κ2) is 8.60. The van der Waals surface area contributed by atoms with E-state index in [1.165, 1.54) is 6.92 Å². The summed E-state index contributed by atoms with van der Waals surface area (Å²) >= 11 is 0. The number of rotatable bonds is 5. The zero-order valence-corrected chi connectivity index (χ0v) is 13.8. The number of esters is 4. The summed E-state index contributed by atoms with van der Waals surface area (Å²) < 4.78 is 25.5. The maximum Gasteiger partial charge on any atom is 0.304 e. The van der Waals surface area contributed by atoms with Crippen molar-refractivity contribution in [2.75, 3.05) is 6.61 Å². The zero-order chi connectivity index (χ0) is 18.4. The molecule has 0 aromatic heterocycles. The van der Waals surface area contributed by atoms with Crippen LogP contribution in [0, 0.1) is 0 Å². The van der Waals surface area contributed by atoms with Crippen LogP contribution in [0.25, 0.3) is 0 Å². The lowest BCUT2D eigenvalue weighted by atomic mass is 9.97. The van der Waals surface area contributed by atoms with Crippen LogP contribution in [0.4, 0.5) is 0 Å². The molecule has 0 saturated carbocycles. The zero-order valence-electron chi connectivity index (χ0n) is 13.8. The smallest absolute Gasteiger partial charge is 0.304 e. The van der Waals surface area contributed by atoms with Gasteiger partial charge in [-0.2, -0.15) is 0 Å². The molecule has 0 spiro atoms. The van der Waals surface area contributed by atoms with Gasteiger partial charge in [-0.3, -0.25) is 19.2 Å². The van der Waals surface area contributed by atoms with Crippen LogP contribution in [-0.4, -0.2) is 61.1 Å². The highest BCUT2D eigenvalue weighted by Crippen LogP contribution is 2.26. The van der Waals surface area contributed by atoms with Crippen LogP contribution in [0.5, 0.6) is 0 Å². The lowest BCUT2D eigenvalue weighted by Crippen LogP contribution is -2.65. The third-order valence-corrected chi connectivity index (χ3v) is 3.03. The number of carbonyl (C=O) groups is 4. The molecule has 136 valence electrons. The van der Waals surface area contributed by atoms with E-state index in [2.05, 4.69) is 0 Å². The summed E-state index contributed by atoms with van der Waals surface area (Å²) in [4.78, 5) is 44.9. The van der Waals surface area contributed by atoms with E-state index in [4.69, 9.17) is 29.4 Å². The van der Waals surface area contributed by atoms with Gasteiger partial charge in [0.2, 0.25) is 6.29 Å². The summed E-state index contributed by atoms with van der Waals surface area (Å²) in [6.45, 7) is 4.32. The Morgan fingerprint density at radius 2 is 1.33 bits per heavy atom. The standard InChI is InChI=1S/C14H21NO9/c1-6(16)20-5-10-12(21-7(2)17)13(22-8(3)18)11(15)14(24-10)23-9(4)19/h10-14H,5,15H2,1-4H3/t10-,11-,12?,13-,14-/m1/s1. The summed E-state index contributed by atoms with van der Waals surface area (Å²) in [5.41, 5.74) is 5.93. The van der Waals surface area contributed by atoms with E-state index >= 15 is 0 Å². The molecule has 1 heterocycles. The molecule has 10 nitrogen and oxygen atoms in total. The summed E-state index contributed by atoms with van der Waals surface area (Å²) in [7, 11) is 0. The third kappa shape index (κ3) is 5.78. The Balaban J connectivity index is 3.08.